The molecule has 2 aliphatic rings. The Morgan fingerprint density at radius 1 is 1.27 bits per heavy atom. The van der Waals surface area contributed by atoms with Crippen molar-refractivity contribution in [3.05, 3.63) is 35.4 Å². The number of hydrogen-bond acceptors (Lipinski definition) is 3. The number of benzene rings is 1. The molecule has 1 aromatic rings. The van der Waals surface area contributed by atoms with Crippen LogP contribution in [0.4, 0.5) is 0 Å². The van der Waals surface area contributed by atoms with Gasteiger partial charge in [0.05, 0.1) is 18.3 Å². The summed E-state index contributed by atoms with van der Waals surface area (Å²) < 4.78 is 26.2. The van der Waals surface area contributed by atoms with Gasteiger partial charge in [-0.25, -0.2) is 8.42 Å². The van der Waals surface area contributed by atoms with Gasteiger partial charge in [0.1, 0.15) is 0 Å². The second kappa shape index (κ2) is 6.01. The van der Waals surface area contributed by atoms with Gasteiger partial charge in [-0.05, 0) is 24.0 Å². The number of sulfonamides is 1. The molecule has 1 aromatic carbocycles. The lowest BCUT2D eigenvalue weighted by molar-refractivity contribution is -0.138. The van der Waals surface area contributed by atoms with Crippen LogP contribution < -0.4 is 0 Å². The third-order valence-corrected chi connectivity index (χ3v) is 6.44. The van der Waals surface area contributed by atoms with E-state index in [0.29, 0.717) is 19.5 Å². The van der Waals surface area contributed by atoms with Crippen molar-refractivity contribution in [3.8, 4) is 0 Å². The van der Waals surface area contributed by atoms with Crippen LogP contribution >= 0.6 is 0 Å². The van der Waals surface area contributed by atoms with Gasteiger partial charge in [0.25, 0.3) is 0 Å². The first-order valence-corrected chi connectivity index (χ1v) is 9.49. The van der Waals surface area contributed by atoms with E-state index < -0.39 is 10.0 Å². The number of rotatable bonds is 4. The van der Waals surface area contributed by atoms with Crippen molar-refractivity contribution < 1.29 is 13.2 Å². The molecule has 3 rings (SSSR count). The number of unbranched alkanes of at least 4 members (excludes halogenated alkanes) is 1. The molecule has 1 fully saturated rings. The Bertz CT molecular complexity index is 672. The summed E-state index contributed by atoms with van der Waals surface area (Å²) in [5.74, 6) is 0.0522. The van der Waals surface area contributed by atoms with E-state index in [2.05, 4.69) is 6.07 Å². The van der Waals surface area contributed by atoms with Crippen LogP contribution in [0.25, 0.3) is 0 Å². The van der Waals surface area contributed by atoms with E-state index in [1.807, 2.05) is 30.0 Å². The van der Waals surface area contributed by atoms with Crippen LogP contribution in [0, 0.1) is 0 Å². The highest BCUT2D eigenvalue weighted by atomic mass is 32.2. The maximum atomic E-state index is 12.4. The molecule has 1 saturated heterocycles. The minimum atomic E-state index is -3.35. The average molecular weight is 322 g/mol. The molecule has 2 aliphatic heterocycles. The van der Waals surface area contributed by atoms with Gasteiger partial charge in [-0.1, -0.05) is 37.6 Å². The third kappa shape index (κ3) is 2.77. The average Bonchev–Trinajstić information content (AvgIpc) is 2.52. The zero-order valence-corrected chi connectivity index (χ0v) is 13.7. The SMILES string of the molecule is CCCCS(=O)(=O)N1CC(=O)N2CCc3ccccc3C2C1. The molecule has 0 radical (unpaired) electrons. The van der Waals surface area contributed by atoms with E-state index in [9.17, 15) is 13.2 Å². The van der Waals surface area contributed by atoms with Crippen LogP contribution in [0.5, 0.6) is 0 Å². The normalized spacial score (nSPS) is 22.3. The van der Waals surface area contributed by atoms with Crippen molar-refractivity contribution >= 4 is 15.9 Å². The Hall–Kier alpha value is -1.40. The standard InChI is InChI=1S/C16H22N2O3S/c1-2-3-10-22(20,21)17-11-15-14-7-5-4-6-13(14)8-9-18(15)16(19)12-17/h4-7,15H,2-3,8-12H2,1H3. The molecule has 5 nitrogen and oxygen atoms in total. The predicted molar refractivity (Wildman–Crippen MR) is 84.9 cm³/mol. The van der Waals surface area contributed by atoms with E-state index in [1.54, 1.807) is 0 Å². The molecule has 0 spiro atoms. The molecular weight excluding hydrogens is 300 g/mol. The second-order valence-electron chi connectivity index (χ2n) is 6.01. The van der Waals surface area contributed by atoms with Crippen molar-refractivity contribution in [1.82, 2.24) is 9.21 Å². The van der Waals surface area contributed by atoms with Gasteiger partial charge in [0.15, 0.2) is 0 Å². The lowest BCUT2D eigenvalue weighted by atomic mass is 9.91. The number of fused-ring (bicyclic) bond motifs is 3. The monoisotopic (exact) mass is 322 g/mol. The maximum absolute atomic E-state index is 12.4. The summed E-state index contributed by atoms with van der Waals surface area (Å²) in [5.41, 5.74) is 2.32. The van der Waals surface area contributed by atoms with Crippen LogP contribution in [-0.2, 0) is 21.2 Å². The Balaban J connectivity index is 1.88. The molecule has 0 N–H and O–H groups in total. The lowest BCUT2D eigenvalue weighted by Crippen LogP contribution is -2.55. The fourth-order valence-corrected chi connectivity index (χ4v) is 4.90. The minimum absolute atomic E-state index is 0.00921. The van der Waals surface area contributed by atoms with Crippen LogP contribution in [0.2, 0.25) is 0 Å². The molecule has 1 unspecified atom stereocenters. The fraction of sp³-hybridized carbons (Fsp3) is 0.562. The van der Waals surface area contributed by atoms with Gasteiger partial charge in [0.2, 0.25) is 15.9 Å². The molecule has 0 saturated carbocycles. The zero-order chi connectivity index (χ0) is 15.7. The summed E-state index contributed by atoms with van der Waals surface area (Å²) >= 11 is 0. The van der Waals surface area contributed by atoms with Crippen molar-refractivity contribution in [2.45, 2.75) is 32.2 Å². The first-order valence-electron chi connectivity index (χ1n) is 7.88. The van der Waals surface area contributed by atoms with Crippen LogP contribution in [0.15, 0.2) is 24.3 Å². The van der Waals surface area contributed by atoms with Crippen molar-refractivity contribution in [3.63, 3.8) is 0 Å². The number of piperazine rings is 1. The number of carbonyl (C=O) groups is 1. The Morgan fingerprint density at radius 2 is 2.05 bits per heavy atom. The van der Waals surface area contributed by atoms with E-state index in [0.717, 1.165) is 18.4 Å². The second-order valence-corrected chi connectivity index (χ2v) is 8.10. The van der Waals surface area contributed by atoms with Gasteiger partial charge < -0.3 is 4.90 Å². The Morgan fingerprint density at radius 3 is 2.82 bits per heavy atom. The predicted octanol–water partition coefficient (Wildman–Crippen LogP) is 1.56. The summed E-state index contributed by atoms with van der Waals surface area (Å²) in [6.07, 6.45) is 2.32. The smallest absolute Gasteiger partial charge is 0.238 e. The molecule has 22 heavy (non-hydrogen) atoms. The first-order chi connectivity index (χ1) is 10.5. The van der Waals surface area contributed by atoms with E-state index >= 15 is 0 Å². The van der Waals surface area contributed by atoms with Gasteiger partial charge in [-0.2, -0.15) is 4.31 Å². The largest absolute Gasteiger partial charge is 0.333 e. The number of amides is 1. The highest BCUT2D eigenvalue weighted by molar-refractivity contribution is 7.89. The molecule has 120 valence electrons. The molecule has 1 amide bonds. The summed E-state index contributed by atoms with van der Waals surface area (Å²) in [7, 11) is -3.35. The fourth-order valence-electron chi connectivity index (χ4n) is 3.31. The number of hydrogen-bond donors (Lipinski definition) is 0. The number of nitrogens with zero attached hydrogens (tertiary/aromatic N) is 2. The Labute approximate surface area is 132 Å². The van der Waals surface area contributed by atoms with E-state index in [1.165, 1.54) is 9.87 Å². The van der Waals surface area contributed by atoms with Gasteiger partial charge >= 0.3 is 0 Å². The lowest BCUT2D eigenvalue weighted by Gasteiger charge is -2.44. The van der Waals surface area contributed by atoms with Gasteiger partial charge in [0, 0.05) is 13.1 Å². The number of carbonyl (C=O) groups excluding carboxylic acids is 1. The molecule has 1 atom stereocenters. The summed E-state index contributed by atoms with van der Waals surface area (Å²) in [5, 5.41) is 0. The quantitative estimate of drug-likeness (QED) is 0.845. The summed E-state index contributed by atoms with van der Waals surface area (Å²) in [6.45, 7) is 3.03. The van der Waals surface area contributed by atoms with Gasteiger partial charge in [-0.15, -0.1) is 0 Å². The van der Waals surface area contributed by atoms with Crippen molar-refractivity contribution in [1.29, 1.82) is 0 Å². The van der Waals surface area contributed by atoms with Crippen molar-refractivity contribution in [2.75, 3.05) is 25.4 Å². The first kappa shape index (κ1) is 15.5. The van der Waals surface area contributed by atoms with Crippen LogP contribution in [0.3, 0.4) is 0 Å². The van der Waals surface area contributed by atoms with Crippen LogP contribution in [0.1, 0.15) is 36.9 Å². The van der Waals surface area contributed by atoms with Gasteiger partial charge in [-0.3, -0.25) is 4.79 Å². The zero-order valence-electron chi connectivity index (χ0n) is 12.9. The van der Waals surface area contributed by atoms with Crippen molar-refractivity contribution in [2.24, 2.45) is 0 Å². The highest BCUT2D eigenvalue weighted by Crippen LogP contribution is 2.33. The molecular formula is C16H22N2O3S. The minimum Gasteiger partial charge on any atom is -0.333 e. The highest BCUT2D eigenvalue weighted by Gasteiger charge is 2.40. The molecule has 2 heterocycles. The maximum Gasteiger partial charge on any atom is 0.238 e. The van der Waals surface area contributed by atoms with Crippen LogP contribution in [-0.4, -0.2) is 48.9 Å². The molecule has 0 bridgehead atoms. The topological polar surface area (TPSA) is 57.7 Å². The Kier molecular flexibility index (Phi) is 4.23. The molecule has 0 aromatic heterocycles. The van der Waals surface area contributed by atoms with E-state index in [4.69, 9.17) is 0 Å². The molecule has 6 heteroatoms. The van der Waals surface area contributed by atoms with E-state index in [-0.39, 0.29) is 24.2 Å². The summed E-state index contributed by atoms with van der Waals surface area (Å²) in [4.78, 5) is 14.2. The summed E-state index contributed by atoms with van der Waals surface area (Å²) in [6, 6.07) is 7.90. The molecule has 0 aliphatic carbocycles. The third-order valence-electron chi connectivity index (χ3n) is 4.57.